The normalized spacial score (nSPS) is 14.4. The van der Waals surface area contributed by atoms with Crippen molar-refractivity contribution in [1.82, 2.24) is 10.1 Å². The molecule has 180 valence electrons. The van der Waals surface area contributed by atoms with Gasteiger partial charge in [0.25, 0.3) is 11.6 Å². The Bertz CT molecular complexity index is 1410. The van der Waals surface area contributed by atoms with Crippen LogP contribution in [0.3, 0.4) is 0 Å². The molecule has 0 aliphatic carbocycles. The minimum Gasteiger partial charge on any atom is -0.466 e. The number of carbonyl (C=O) groups is 2. The average molecular weight is 474 g/mol. The van der Waals surface area contributed by atoms with Gasteiger partial charge in [0.05, 0.1) is 22.3 Å². The number of aryl methyl sites for hydroxylation is 3. The number of carbonyl (C=O) groups excluding carboxylic acids is 2. The van der Waals surface area contributed by atoms with Crippen LogP contribution in [0.4, 0.5) is 11.4 Å². The van der Waals surface area contributed by atoms with E-state index < -0.39 is 0 Å². The van der Waals surface area contributed by atoms with Crippen LogP contribution < -0.4 is 16.0 Å². The fourth-order valence-corrected chi connectivity index (χ4v) is 4.67. The second-order valence-electron chi connectivity index (χ2n) is 8.99. The number of benzene rings is 1. The molecule has 5 rings (SSSR count). The molecule has 0 radical (unpaired) electrons. The van der Waals surface area contributed by atoms with Gasteiger partial charge >= 0.3 is 0 Å². The first-order valence-corrected chi connectivity index (χ1v) is 11.6. The van der Waals surface area contributed by atoms with Crippen molar-refractivity contribution in [1.29, 1.82) is 0 Å². The summed E-state index contributed by atoms with van der Waals surface area (Å²) in [5, 5.41) is 7.57. The molecule has 35 heavy (non-hydrogen) atoms. The zero-order chi connectivity index (χ0) is 24.7. The number of piperidine rings is 1. The fourth-order valence-electron chi connectivity index (χ4n) is 4.67. The Balaban J connectivity index is 1.38. The summed E-state index contributed by atoms with van der Waals surface area (Å²) in [6, 6.07) is 11.3. The lowest BCUT2D eigenvalue weighted by atomic mass is 9.96. The highest BCUT2D eigenvalue weighted by atomic mass is 16.5. The van der Waals surface area contributed by atoms with Gasteiger partial charge in [0.2, 0.25) is 5.91 Å². The van der Waals surface area contributed by atoms with Crippen LogP contribution in [0.15, 0.2) is 45.3 Å². The third-order valence-corrected chi connectivity index (χ3v) is 6.57. The molecule has 1 fully saturated rings. The lowest BCUT2D eigenvalue weighted by molar-refractivity contribution is -0.122. The van der Waals surface area contributed by atoms with Crippen LogP contribution in [0, 0.1) is 26.7 Å². The van der Waals surface area contributed by atoms with E-state index in [1.807, 2.05) is 44.2 Å². The second kappa shape index (κ2) is 8.90. The van der Waals surface area contributed by atoms with Gasteiger partial charge in [0.1, 0.15) is 11.5 Å². The number of fused-ring (bicyclic) bond motifs is 1. The highest BCUT2D eigenvalue weighted by molar-refractivity contribution is 6.13. The Morgan fingerprint density at radius 3 is 2.43 bits per heavy atom. The standard InChI is InChI=1S/C26H27N5O4/c1-14-12-20(16(3)34-14)22-13-21(23-15(2)30-35-26(23)29-22)25(33)28-18-4-6-19(7-5-18)31-10-8-17(9-11-31)24(27)32/h4-7,12-13,17H,8-11H2,1-3H3,(H2,27,32)(H,28,33). The van der Waals surface area contributed by atoms with Crippen molar-refractivity contribution in [2.75, 3.05) is 23.3 Å². The van der Waals surface area contributed by atoms with Crippen molar-refractivity contribution < 1.29 is 18.5 Å². The molecule has 2 amide bonds. The van der Waals surface area contributed by atoms with Gasteiger partial charge in [-0.3, -0.25) is 9.59 Å². The average Bonchev–Trinajstić information content (AvgIpc) is 3.39. The molecule has 4 heterocycles. The van der Waals surface area contributed by atoms with E-state index >= 15 is 0 Å². The highest BCUT2D eigenvalue weighted by Gasteiger charge is 2.24. The first-order valence-electron chi connectivity index (χ1n) is 11.6. The molecule has 9 heteroatoms. The summed E-state index contributed by atoms with van der Waals surface area (Å²) in [5.74, 6) is 0.920. The van der Waals surface area contributed by atoms with Gasteiger partial charge in [-0.1, -0.05) is 5.16 Å². The minimum atomic E-state index is -0.280. The van der Waals surface area contributed by atoms with Gasteiger partial charge in [-0.15, -0.1) is 0 Å². The Labute approximate surface area is 202 Å². The van der Waals surface area contributed by atoms with E-state index in [4.69, 9.17) is 14.7 Å². The number of hydrogen-bond acceptors (Lipinski definition) is 7. The molecule has 0 saturated carbocycles. The number of aromatic nitrogens is 2. The van der Waals surface area contributed by atoms with E-state index in [1.54, 1.807) is 13.0 Å². The zero-order valence-electron chi connectivity index (χ0n) is 19.9. The molecule has 1 aromatic carbocycles. The lowest BCUT2D eigenvalue weighted by Gasteiger charge is -2.32. The number of amides is 2. The maximum atomic E-state index is 13.4. The van der Waals surface area contributed by atoms with E-state index in [2.05, 4.69) is 20.4 Å². The molecule has 1 aliphatic heterocycles. The van der Waals surface area contributed by atoms with Crippen molar-refractivity contribution in [2.24, 2.45) is 11.7 Å². The molecular formula is C26H27N5O4. The van der Waals surface area contributed by atoms with Crippen LogP contribution in [-0.2, 0) is 4.79 Å². The molecule has 0 spiro atoms. The number of primary amides is 1. The summed E-state index contributed by atoms with van der Waals surface area (Å²) in [4.78, 5) is 31.6. The molecule has 1 saturated heterocycles. The second-order valence-corrected chi connectivity index (χ2v) is 8.99. The van der Waals surface area contributed by atoms with Crippen LogP contribution >= 0.6 is 0 Å². The van der Waals surface area contributed by atoms with Crippen LogP contribution in [-0.4, -0.2) is 35.0 Å². The summed E-state index contributed by atoms with van der Waals surface area (Å²) in [7, 11) is 0. The number of nitrogens with zero attached hydrogens (tertiary/aromatic N) is 3. The van der Waals surface area contributed by atoms with E-state index in [0.717, 1.165) is 42.9 Å². The molecule has 0 bridgehead atoms. The quantitative estimate of drug-likeness (QED) is 0.441. The number of nitrogens with two attached hydrogens (primary N) is 1. The Hall–Kier alpha value is -4.14. The number of furan rings is 1. The first-order chi connectivity index (χ1) is 16.8. The molecule has 4 aromatic rings. The molecule has 1 aliphatic rings. The van der Waals surface area contributed by atoms with Crippen LogP contribution in [0.25, 0.3) is 22.4 Å². The predicted molar refractivity (Wildman–Crippen MR) is 132 cm³/mol. The van der Waals surface area contributed by atoms with Crippen molar-refractivity contribution in [3.8, 4) is 11.3 Å². The van der Waals surface area contributed by atoms with Gasteiger partial charge < -0.3 is 24.9 Å². The SMILES string of the molecule is Cc1cc(-c2cc(C(=O)Nc3ccc(N4CCC(C(N)=O)CC4)cc3)c3c(C)noc3n2)c(C)o1. The number of nitrogens with one attached hydrogen (secondary N) is 1. The monoisotopic (exact) mass is 473 g/mol. The minimum absolute atomic E-state index is 0.0532. The number of pyridine rings is 1. The van der Waals surface area contributed by atoms with Crippen molar-refractivity contribution >= 4 is 34.3 Å². The third-order valence-electron chi connectivity index (χ3n) is 6.57. The predicted octanol–water partition coefficient (Wildman–Crippen LogP) is 4.36. The first kappa shape index (κ1) is 22.6. The maximum Gasteiger partial charge on any atom is 0.259 e. The highest BCUT2D eigenvalue weighted by Crippen LogP contribution is 2.31. The molecular weight excluding hydrogens is 446 g/mol. The fraction of sp³-hybridized carbons (Fsp3) is 0.308. The topological polar surface area (TPSA) is 127 Å². The van der Waals surface area contributed by atoms with Crippen molar-refractivity contribution in [3.05, 3.63) is 59.2 Å². The molecule has 0 atom stereocenters. The van der Waals surface area contributed by atoms with Crippen LogP contribution in [0.1, 0.15) is 40.4 Å². The number of hydrogen-bond donors (Lipinski definition) is 2. The molecule has 0 unspecified atom stereocenters. The molecule has 9 nitrogen and oxygen atoms in total. The maximum absolute atomic E-state index is 13.4. The summed E-state index contributed by atoms with van der Waals surface area (Å²) >= 11 is 0. The Kier molecular flexibility index (Phi) is 5.76. The van der Waals surface area contributed by atoms with Crippen molar-refractivity contribution in [2.45, 2.75) is 33.6 Å². The zero-order valence-corrected chi connectivity index (χ0v) is 19.9. The largest absolute Gasteiger partial charge is 0.466 e. The summed E-state index contributed by atoms with van der Waals surface area (Å²) in [6.45, 7) is 7.06. The summed E-state index contributed by atoms with van der Waals surface area (Å²) in [5.41, 5.74) is 9.87. The molecule has 3 N–H and O–H groups in total. The Morgan fingerprint density at radius 1 is 1.09 bits per heavy atom. The Morgan fingerprint density at radius 2 is 1.80 bits per heavy atom. The lowest BCUT2D eigenvalue weighted by Crippen LogP contribution is -2.38. The number of rotatable bonds is 5. The van der Waals surface area contributed by atoms with E-state index in [0.29, 0.717) is 39.5 Å². The van der Waals surface area contributed by atoms with Gasteiger partial charge in [-0.25, -0.2) is 4.98 Å². The molecule has 3 aromatic heterocycles. The van der Waals surface area contributed by atoms with Gasteiger partial charge in [-0.05, 0) is 70.0 Å². The van der Waals surface area contributed by atoms with Crippen LogP contribution in [0.5, 0.6) is 0 Å². The van der Waals surface area contributed by atoms with E-state index in [-0.39, 0.29) is 17.7 Å². The summed E-state index contributed by atoms with van der Waals surface area (Å²) in [6.07, 6.45) is 1.50. The van der Waals surface area contributed by atoms with E-state index in [1.165, 1.54) is 0 Å². The van der Waals surface area contributed by atoms with E-state index in [9.17, 15) is 9.59 Å². The third kappa shape index (κ3) is 4.37. The van der Waals surface area contributed by atoms with Gasteiger partial charge in [0.15, 0.2) is 0 Å². The van der Waals surface area contributed by atoms with Crippen molar-refractivity contribution in [3.63, 3.8) is 0 Å². The van der Waals surface area contributed by atoms with Gasteiger partial charge in [-0.2, -0.15) is 0 Å². The van der Waals surface area contributed by atoms with Crippen LogP contribution in [0.2, 0.25) is 0 Å². The smallest absolute Gasteiger partial charge is 0.259 e. The van der Waals surface area contributed by atoms with Gasteiger partial charge in [0, 0.05) is 35.9 Å². The summed E-state index contributed by atoms with van der Waals surface area (Å²) < 4.78 is 11.0. The number of anilines is 2.